The molecule has 0 unspecified atom stereocenters. The van der Waals surface area contributed by atoms with Gasteiger partial charge in [-0.05, 0) is 36.8 Å². The van der Waals surface area contributed by atoms with Crippen molar-refractivity contribution in [1.82, 2.24) is 4.57 Å². The lowest BCUT2D eigenvalue weighted by molar-refractivity contribution is 0.766. The maximum atomic E-state index is 6.07. The Morgan fingerprint density at radius 3 is 2.68 bits per heavy atom. The largest absolute Gasteiger partial charge is 0.379 e. The third-order valence-electron chi connectivity index (χ3n) is 3.10. The summed E-state index contributed by atoms with van der Waals surface area (Å²) in [6.45, 7) is 3.94. The third kappa shape index (κ3) is 3.44. The van der Waals surface area contributed by atoms with Gasteiger partial charge in [-0.25, -0.2) is 0 Å². The predicted octanol–water partition coefficient (Wildman–Crippen LogP) is 3.84. The molecule has 0 amide bonds. The molecule has 1 aromatic carbocycles. The first kappa shape index (κ1) is 13.8. The molecule has 2 aromatic rings. The summed E-state index contributed by atoms with van der Waals surface area (Å²) in [6.07, 6.45) is 4.26. The number of hydrogen-bond acceptors (Lipinski definition) is 2. The van der Waals surface area contributed by atoms with E-state index in [2.05, 4.69) is 40.2 Å². The fraction of sp³-hybridized carbons (Fsp3) is 0.333. The van der Waals surface area contributed by atoms with Crippen molar-refractivity contribution < 1.29 is 0 Å². The molecule has 0 aliphatic rings. The monoisotopic (exact) mass is 277 g/mol. The molecule has 102 valence electrons. The summed E-state index contributed by atoms with van der Waals surface area (Å²) >= 11 is 6.07. The molecule has 1 N–H and O–H groups in total. The van der Waals surface area contributed by atoms with Gasteiger partial charge >= 0.3 is 0 Å². The van der Waals surface area contributed by atoms with Crippen LogP contribution in [0.2, 0.25) is 5.02 Å². The van der Waals surface area contributed by atoms with Crippen LogP contribution in [0.4, 0.5) is 11.4 Å². The first-order valence-corrected chi connectivity index (χ1v) is 6.83. The second-order valence-corrected chi connectivity index (χ2v) is 5.20. The summed E-state index contributed by atoms with van der Waals surface area (Å²) in [7, 11) is 4.06. The van der Waals surface area contributed by atoms with E-state index in [0.717, 1.165) is 29.5 Å². The van der Waals surface area contributed by atoms with Crippen molar-refractivity contribution in [2.45, 2.75) is 20.0 Å². The highest BCUT2D eigenvalue weighted by Gasteiger charge is 2.05. The Balaban J connectivity index is 2.12. The normalized spacial score (nSPS) is 10.5. The molecule has 1 heterocycles. The van der Waals surface area contributed by atoms with Crippen molar-refractivity contribution in [2.24, 2.45) is 0 Å². The smallest absolute Gasteiger partial charge is 0.0597 e. The van der Waals surface area contributed by atoms with Crippen LogP contribution in [-0.4, -0.2) is 18.7 Å². The minimum absolute atomic E-state index is 0.749. The number of nitrogens with one attached hydrogen (secondary N) is 1. The van der Waals surface area contributed by atoms with Crippen LogP contribution >= 0.6 is 11.6 Å². The van der Waals surface area contributed by atoms with Crippen LogP contribution in [0.3, 0.4) is 0 Å². The maximum absolute atomic E-state index is 6.07. The Morgan fingerprint density at radius 2 is 2.05 bits per heavy atom. The first-order chi connectivity index (χ1) is 9.10. The Morgan fingerprint density at radius 1 is 1.26 bits per heavy atom. The van der Waals surface area contributed by atoms with Gasteiger partial charge in [-0.3, -0.25) is 0 Å². The number of nitrogens with zero attached hydrogens (tertiary/aromatic N) is 2. The van der Waals surface area contributed by atoms with Gasteiger partial charge in [0.1, 0.15) is 0 Å². The molecule has 3 nitrogen and oxygen atoms in total. The van der Waals surface area contributed by atoms with Crippen LogP contribution in [0.25, 0.3) is 0 Å². The average Bonchev–Trinajstić information content (AvgIpc) is 2.84. The lowest BCUT2D eigenvalue weighted by atomic mass is 10.2. The van der Waals surface area contributed by atoms with Crippen LogP contribution in [0, 0.1) is 0 Å². The van der Waals surface area contributed by atoms with Crippen molar-refractivity contribution in [3.05, 3.63) is 47.2 Å². The Hall–Kier alpha value is -1.61. The van der Waals surface area contributed by atoms with Gasteiger partial charge in [-0.2, -0.15) is 0 Å². The number of aromatic nitrogens is 1. The van der Waals surface area contributed by atoms with E-state index in [1.54, 1.807) is 0 Å². The number of anilines is 2. The van der Waals surface area contributed by atoms with Gasteiger partial charge in [0.25, 0.3) is 0 Å². The number of hydrogen-bond donors (Lipinski definition) is 1. The van der Waals surface area contributed by atoms with Crippen molar-refractivity contribution >= 4 is 23.0 Å². The van der Waals surface area contributed by atoms with Crippen LogP contribution in [0.5, 0.6) is 0 Å². The van der Waals surface area contributed by atoms with E-state index in [1.165, 1.54) is 5.56 Å². The molecule has 0 aliphatic heterocycles. The van der Waals surface area contributed by atoms with E-state index >= 15 is 0 Å². The Kier molecular flexibility index (Phi) is 4.38. The molecule has 0 saturated carbocycles. The fourth-order valence-electron chi connectivity index (χ4n) is 2.03. The minimum Gasteiger partial charge on any atom is -0.379 e. The van der Waals surface area contributed by atoms with E-state index in [4.69, 9.17) is 11.6 Å². The molecular formula is C15H20ClN3. The number of benzene rings is 1. The number of rotatable bonds is 5. The summed E-state index contributed by atoms with van der Waals surface area (Å²) in [6, 6.07) is 8.04. The molecule has 0 radical (unpaired) electrons. The lowest BCUT2D eigenvalue weighted by Crippen LogP contribution is -2.12. The maximum Gasteiger partial charge on any atom is 0.0597 e. The zero-order chi connectivity index (χ0) is 13.8. The van der Waals surface area contributed by atoms with Gasteiger partial charge in [0.15, 0.2) is 0 Å². The topological polar surface area (TPSA) is 20.2 Å². The first-order valence-electron chi connectivity index (χ1n) is 6.45. The molecule has 0 bridgehead atoms. The standard InChI is InChI=1S/C15H20ClN3/c1-4-19-8-7-12(11-19)10-17-14-9-13(16)5-6-15(14)18(2)3/h5-9,11,17H,4,10H2,1-3H3. The highest BCUT2D eigenvalue weighted by atomic mass is 35.5. The van der Waals surface area contributed by atoms with Gasteiger partial charge in [-0.15, -0.1) is 0 Å². The lowest BCUT2D eigenvalue weighted by Gasteiger charge is -2.18. The minimum atomic E-state index is 0.749. The SMILES string of the molecule is CCn1ccc(CNc2cc(Cl)ccc2N(C)C)c1. The second-order valence-electron chi connectivity index (χ2n) is 4.76. The summed E-state index contributed by atoms with van der Waals surface area (Å²) in [5, 5.41) is 4.20. The predicted molar refractivity (Wildman–Crippen MR) is 83.2 cm³/mol. The van der Waals surface area contributed by atoms with E-state index in [9.17, 15) is 0 Å². The van der Waals surface area contributed by atoms with E-state index < -0.39 is 0 Å². The molecule has 1 aromatic heterocycles. The molecule has 0 fully saturated rings. The van der Waals surface area contributed by atoms with Crippen molar-refractivity contribution in [2.75, 3.05) is 24.3 Å². The van der Waals surface area contributed by atoms with Gasteiger partial charge in [0, 0.05) is 44.6 Å². The molecule has 19 heavy (non-hydrogen) atoms. The molecule has 0 saturated heterocycles. The van der Waals surface area contributed by atoms with Crippen LogP contribution in [0.1, 0.15) is 12.5 Å². The second kappa shape index (κ2) is 6.02. The summed E-state index contributed by atoms with van der Waals surface area (Å²) < 4.78 is 2.17. The molecular weight excluding hydrogens is 258 g/mol. The van der Waals surface area contributed by atoms with Gasteiger partial charge in [0.2, 0.25) is 0 Å². The van der Waals surface area contributed by atoms with Crippen molar-refractivity contribution in [3.63, 3.8) is 0 Å². The number of aryl methyl sites for hydroxylation is 1. The van der Waals surface area contributed by atoms with Crippen molar-refractivity contribution in [1.29, 1.82) is 0 Å². The average molecular weight is 278 g/mol. The van der Waals surface area contributed by atoms with Crippen LogP contribution < -0.4 is 10.2 Å². The van der Waals surface area contributed by atoms with Crippen molar-refractivity contribution in [3.8, 4) is 0 Å². The summed E-state index contributed by atoms with van der Waals surface area (Å²) in [4.78, 5) is 2.08. The molecule has 0 spiro atoms. The van der Waals surface area contributed by atoms with E-state index in [1.807, 2.05) is 32.3 Å². The molecule has 0 atom stereocenters. The molecule has 4 heteroatoms. The van der Waals surface area contributed by atoms with Crippen LogP contribution in [0.15, 0.2) is 36.7 Å². The fourth-order valence-corrected chi connectivity index (χ4v) is 2.20. The van der Waals surface area contributed by atoms with E-state index in [-0.39, 0.29) is 0 Å². The zero-order valence-corrected chi connectivity index (χ0v) is 12.4. The van der Waals surface area contributed by atoms with Gasteiger partial charge < -0.3 is 14.8 Å². The van der Waals surface area contributed by atoms with Gasteiger partial charge in [-0.1, -0.05) is 11.6 Å². The van der Waals surface area contributed by atoms with E-state index in [0.29, 0.717) is 0 Å². The zero-order valence-electron chi connectivity index (χ0n) is 11.7. The Bertz CT molecular complexity index is 546. The summed E-state index contributed by atoms with van der Waals surface area (Å²) in [5.41, 5.74) is 3.47. The molecule has 0 aliphatic carbocycles. The quantitative estimate of drug-likeness (QED) is 0.896. The van der Waals surface area contributed by atoms with Crippen LogP contribution in [-0.2, 0) is 13.1 Å². The highest BCUT2D eigenvalue weighted by Crippen LogP contribution is 2.28. The van der Waals surface area contributed by atoms with Gasteiger partial charge in [0.05, 0.1) is 11.4 Å². The summed E-state index contributed by atoms with van der Waals surface area (Å²) in [5.74, 6) is 0. The molecule has 2 rings (SSSR count). The Labute approximate surface area is 119 Å². The highest BCUT2D eigenvalue weighted by molar-refractivity contribution is 6.31. The third-order valence-corrected chi connectivity index (χ3v) is 3.34. The number of halogens is 1.